The van der Waals surface area contributed by atoms with E-state index >= 15 is 0 Å². The molecule has 3 aromatic rings. The van der Waals surface area contributed by atoms with E-state index in [0.29, 0.717) is 30.9 Å². The van der Waals surface area contributed by atoms with Crippen LogP contribution in [0.5, 0.6) is 0 Å². The Labute approximate surface area is 199 Å². The molecule has 0 radical (unpaired) electrons. The van der Waals surface area contributed by atoms with Gasteiger partial charge in [-0.05, 0) is 60.0 Å². The Balaban J connectivity index is 1.47. The molecule has 2 N–H and O–H groups in total. The Bertz CT molecular complexity index is 1320. The molecule has 0 unspecified atom stereocenters. The van der Waals surface area contributed by atoms with Crippen molar-refractivity contribution in [3.8, 4) is 0 Å². The summed E-state index contributed by atoms with van der Waals surface area (Å²) in [5.74, 6) is -0.644. The van der Waals surface area contributed by atoms with Crippen molar-refractivity contribution in [3.63, 3.8) is 0 Å². The minimum atomic E-state index is -3.74. The highest BCUT2D eigenvalue weighted by atomic mass is 32.2. The van der Waals surface area contributed by atoms with Crippen molar-refractivity contribution in [3.05, 3.63) is 89.5 Å². The Kier molecular flexibility index (Phi) is 6.81. The lowest BCUT2D eigenvalue weighted by Gasteiger charge is -2.28. The van der Waals surface area contributed by atoms with E-state index in [-0.39, 0.29) is 22.3 Å². The predicted molar refractivity (Wildman–Crippen MR) is 132 cm³/mol. The van der Waals surface area contributed by atoms with Crippen molar-refractivity contribution in [1.82, 2.24) is 4.31 Å². The molecule has 0 spiro atoms. The summed E-state index contributed by atoms with van der Waals surface area (Å²) in [4.78, 5) is 24.7. The highest BCUT2D eigenvalue weighted by molar-refractivity contribution is 7.89. The van der Waals surface area contributed by atoms with Crippen molar-refractivity contribution in [2.24, 2.45) is 5.92 Å². The molecule has 176 valence electrons. The molecule has 0 aromatic heterocycles. The van der Waals surface area contributed by atoms with Crippen LogP contribution in [0.3, 0.4) is 0 Å². The topological polar surface area (TPSA) is 95.6 Å². The summed E-state index contributed by atoms with van der Waals surface area (Å²) in [7, 11) is -3.74. The number of fused-ring (bicyclic) bond motifs is 1. The zero-order valence-electron chi connectivity index (χ0n) is 19.1. The molecule has 1 aliphatic rings. The minimum Gasteiger partial charge on any atom is -0.326 e. The first kappa shape index (κ1) is 23.7. The molecular formula is C26H27N3O4S. The fourth-order valence-corrected chi connectivity index (χ4v) is 5.21. The first-order valence-corrected chi connectivity index (χ1v) is 12.6. The first-order valence-electron chi connectivity index (χ1n) is 11.1. The summed E-state index contributed by atoms with van der Waals surface area (Å²) in [6.07, 6.45) is 0.656. The molecule has 0 fully saturated rings. The normalized spacial score (nSPS) is 13.9. The third-order valence-corrected chi connectivity index (χ3v) is 7.61. The second-order valence-electron chi connectivity index (χ2n) is 8.56. The van der Waals surface area contributed by atoms with Gasteiger partial charge in [0.25, 0.3) is 5.91 Å². The molecule has 3 aromatic carbocycles. The smallest absolute Gasteiger partial charge is 0.255 e. The van der Waals surface area contributed by atoms with Gasteiger partial charge in [-0.3, -0.25) is 9.59 Å². The van der Waals surface area contributed by atoms with Crippen LogP contribution in [0.2, 0.25) is 0 Å². The highest BCUT2D eigenvalue weighted by Crippen LogP contribution is 2.25. The van der Waals surface area contributed by atoms with Gasteiger partial charge in [0.1, 0.15) is 0 Å². The van der Waals surface area contributed by atoms with Crippen molar-refractivity contribution in [1.29, 1.82) is 0 Å². The summed E-state index contributed by atoms with van der Waals surface area (Å²) in [5.41, 5.74) is 3.58. The van der Waals surface area contributed by atoms with Gasteiger partial charge < -0.3 is 10.6 Å². The lowest BCUT2D eigenvalue weighted by molar-refractivity contribution is -0.118. The van der Waals surface area contributed by atoms with Crippen LogP contribution in [0.1, 0.15) is 35.3 Å². The third kappa shape index (κ3) is 5.18. The second kappa shape index (κ2) is 9.79. The van der Waals surface area contributed by atoms with Gasteiger partial charge in [0, 0.05) is 35.9 Å². The van der Waals surface area contributed by atoms with Crippen LogP contribution in [0.4, 0.5) is 11.4 Å². The number of hydrogen-bond acceptors (Lipinski definition) is 4. The maximum atomic E-state index is 13.3. The molecule has 2 amide bonds. The second-order valence-corrected chi connectivity index (χ2v) is 10.5. The van der Waals surface area contributed by atoms with E-state index in [2.05, 4.69) is 10.6 Å². The molecule has 8 heteroatoms. The zero-order chi connectivity index (χ0) is 24.3. The average Bonchev–Trinajstić information content (AvgIpc) is 2.84. The summed E-state index contributed by atoms with van der Waals surface area (Å²) in [6.45, 7) is 4.33. The maximum absolute atomic E-state index is 13.3. The molecule has 0 atom stereocenters. The van der Waals surface area contributed by atoms with E-state index < -0.39 is 15.9 Å². The van der Waals surface area contributed by atoms with Crippen LogP contribution < -0.4 is 10.6 Å². The molecule has 0 aliphatic carbocycles. The molecule has 1 heterocycles. The van der Waals surface area contributed by atoms with Crippen LogP contribution in [0.15, 0.2) is 77.7 Å². The number of nitrogens with zero attached hydrogens (tertiary/aromatic N) is 1. The number of anilines is 2. The molecular weight excluding hydrogens is 450 g/mol. The zero-order valence-corrected chi connectivity index (χ0v) is 19.9. The van der Waals surface area contributed by atoms with Crippen molar-refractivity contribution in [2.75, 3.05) is 17.2 Å². The van der Waals surface area contributed by atoms with E-state index in [1.165, 1.54) is 16.4 Å². The van der Waals surface area contributed by atoms with E-state index in [1.807, 2.05) is 38.1 Å². The number of carbonyl (C=O) groups is 2. The Hall–Kier alpha value is -3.49. The van der Waals surface area contributed by atoms with Crippen LogP contribution >= 0.6 is 0 Å². The fraction of sp³-hybridized carbons (Fsp3) is 0.231. The number of amides is 2. The van der Waals surface area contributed by atoms with Gasteiger partial charge >= 0.3 is 0 Å². The predicted octanol–water partition coefficient (Wildman–Crippen LogP) is 4.28. The number of carbonyl (C=O) groups excluding carboxylic acids is 2. The number of hydrogen-bond donors (Lipinski definition) is 2. The van der Waals surface area contributed by atoms with Gasteiger partial charge in [0.2, 0.25) is 15.9 Å². The van der Waals surface area contributed by atoms with Gasteiger partial charge in [0.15, 0.2) is 0 Å². The molecule has 7 nitrogen and oxygen atoms in total. The van der Waals surface area contributed by atoms with Gasteiger partial charge in [-0.1, -0.05) is 44.2 Å². The largest absolute Gasteiger partial charge is 0.326 e. The molecule has 1 aliphatic heterocycles. The van der Waals surface area contributed by atoms with Crippen LogP contribution in [-0.4, -0.2) is 31.1 Å². The maximum Gasteiger partial charge on any atom is 0.255 e. The Morgan fingerprint density at radius 3 is 2.18 bits per heavy atom. The molecule has 0 bridgehead atoms. The Morgan fingerprint density at radius 2 is 1.50 bits per heavy atom. The van der Waals surface area contributed by atoms with E-state index in [9.17, 15) is 18.0 Å². The van der Waals surface area contributed by atoms with Crippen LogP contribution in [0, 0.1) is 5.92 Å². The van der Waals surface area contributed by atoms with Crippen LogP contribution in [-0.2, 0) is 27.8 Å². The standard InChI is InChI=1S/C26H27N3O4S/c1-18(2)25(30)27-22-10-12-23(13-11-22)28-26(31)20-8-5-9-24(16-20)34(32,33)29-15-14-19-6-3-4-7-21(19)17-29/h3-13,16,18H,14-15,17H2,1-2H3,(H,27,30)(H,28,31). The lowest BCUT2D eigenvalue weighted by Crippen LogP contribution is -2.36. The Morgan fingerprint density at radius 1 is 0.853 bits per heavy atom. The van der Waals surface area contributed by atoms with Crippen molar-refractivity contribution < 1.29 is 18.0 Å². The fourth-order valence-electron chi connectivity index (χ4n) is 3.75. The van der Waals surface area contributed by atoms with E-state index in [0.717, 1.165) is 11.1 Å². The number of rotatable bonds is 6. The van der Waals surface area contributed by atoms with Crippen molar-refractivity contribution in [2.45, 2.75) is 31.7 Å². The summed E-state index contributed by atoms with van der Waals surface area (Å²) < 4.78 is 28.0. The van der Waals surface area contributed by atoms with Crippen molar-refractivity contribution >= 4 is 33.2 Å². The number of nitrogens with one attached hydrogen (secondary N) is 2. The quantitative estimate of drug-likeness (QED) is 0.554. The van der Waals surface area contributed by atoms with Gasteiger partial charge in [-0.15, -0.1) is 0 Å². The SMILES string of the molecule is CC(C)C(=O)Nc1ccc(NC(=O)c2cccc(S(=O)(=O)N3CCc4ccccc4C3)c2)cc1. The third-order valence-electron chi connectivity index (χ3n) is 5.76. The summed E-state index contributed by atoms with van der Waals surface area (Å²) in [5, 5.41) is 5.56. The summed E-state index contributed by atoms with van der Waals surface area (Å²) >= 11 is 0. The molecule has 0 saturated carbocycles. The van der Waals surface area contributed by atoms with E-state index in [4.69, 9.17) is 0 Å². The highest BCUT2D eigenvalue weighted by Gasteiger charge is 2.28. The number of sulfonamides is 1. The van der Waals surface area contributed by atoms with Gasteiger partial charge in [0.05, 0.1) is 4.90 Å². The molecule has 4 rings (SSSR count). The minimum absolute atomic E-state index is 0.0891. The first-order chi connectivity index (χ1) is 16.2. The van der Waals surface area contributed by atoms with Gasteiger partial charge in [-0.25, -0.2) is 8.42 Å². The average molecular weight is 478 g/mol. The summed E-state index contributed by atoms with van der Waals surface area (Å²) in [6, 6.07) is 20.7. The van der Waals surface area contributed by atoms with Crippen LogP contribution in [0.25, 0.3) is 0 Å². The lowest BCUT2D eigenvalue weighted by atomic mass is 10.0. The molecule has 34 heavy (non-hydrogen) atoms. The number of benzene rings is 3. The molecule has 0 saturated heterocycles. The monoisotopic (exact) mass is 477 g/mol. The van der Waals surface area contributed by atoms with E-state index in [1.54, 1.807) is 36.4 Å². The van der Waals surface area contributed by atoms with Gasteiger partial charge in [-0.2, -0.15) is 4.31 Å².